The summed E-state index contributed by atoms with van der Waals surface area (Å²) in [6, 6.07) is 1.81. The highest BCUT2D eigenvalue weighted by Crippen LogP contribution is 2.42. The number of ether oxygens (including phenoxy) is 1. The molecule has 0 bridgehead atoms. The molecule has 1 spiro atoms. The molecule has 3 fully saturated rings. The van der Waals surface area contributed by atoms with Gasteiger partial charge in [-0.05, 0) is 32.1 Å². The van der Waals surface area contributed by atoms with Crippen LogP contribution >= 0.6 is 0 Å². The van der Waals surface area contributed by atoms with Crippen molar-refractivity contribution in [2.24, 2.45) is 5.41 Å². The van der Waals surface area contributed by atoms with Gasteiger partial charge in [0.05, 0.1) is 5.69 Å². The molecule has 1 aromatic heterocycles. The smallest absolute Gasteiger partial charge is 0.292 e. The number of carbonyl (C=O) groups excluding carboxylic acids is 2. The minimum atomic E-state index is -0.0690. The number of piperidine rings is 1. The summed E-state index contributed by atoms with van der Waals surface area (Å²) in [5, 5.41) is 4.04. The van der Waals surface area contributed by atoms with E-state index >= 15 is 0 Å². The van der Waals surface area contributed by atoms with Crippen LogP contribution in [-0.4, -0.2) is 66.7 Å². The first-order valence-electron chi connectivity index (χ1n) is 9.63. The van der Waals surface area contributed by atoms with Crippen LogP contribution in [0.4, 0.5) is 0 Å². The third kappa shape index (κ3) is 3.49. The zero-order valence-electron chi connectivity index (χ0n) is 15.4. The summed E-state index contributed by atoms with van der Waals surface area (Å²) in [6.07, 6.45) is 5.50. The number of carbonyl (C=O) groups is 2. The van der Waals surface area contributed by atoms with Crippen molar-refractivity contribution in [1.82, 2.24) is 15.0 Å². The van der Waals surface area contributed by atoms with Crippen LogP contribution in [0.2, 0.25) is 0 Å². The Labute approximate surface area is 153 Å². The van der Waals surface area contributed by atoms with E-state index in [0.29, 0.717) is 37.8 Å². The van der Waals surface area contributed by atoms with Gasteiger partial charge in [0.1, 0.15) is 0 Å². The SMILES string of the molecule is COCCCN1CC2(CCN(C(=O)c3cc(C4CC4)no3)CC2)CC1=O. The number of hydrogen-bond donors (Lipinski definition) is 0. The van der Waals surface area contributed by atoms with E-state index in [1.54, 1.807) is 13.2 Å². The fourth-order valence-corrected chi connectivity index (χ4v) is 4.22. The Hall–Kier alpha value is -1.89. The average molecular weight is 361 g/mol. The zero-order chi connectivity index (χ0) is 18.1. The molecule has 142 valence electrons. The lowest BCUT2D eigenvalue weighted by atomic mass is 9.77. The minimum absolute atomic E-state index is 0.0293. The molecule has 3 aliphatic rings. The molecule has 1 saturated carbocycles. The van der Waals surface area contributed by atoms with Gasteiger partial charge in [-0.3, -0.25) is 9.59 Å². The number of amides is 2. The number of aromatic nitrogens is 1. The topological polar surface area (TPSA) is 75.9 Å². The molecule has 2 aliphatic heterocycles. The molecule has 0 aromatic carbocycles. The molecule has 7 nitrogen and oxygen atoms in total. The molecule has 2 amide bonds. The maximum atomic E-state index is 12.7. The Morgan fingerprint density at radius 2 is 2.15 bits per heavy atom. The zero-order valence-corrected chi connectivity index (χ0v) is 15.4. The quantitative estimate of drug-likeness (QED) is 0.725. The maximum absolute atomic E-state index is 12.7. The van der Waals surface area contributed by atoms with Gasteiger partial charge in [-0.1, -0.05) is 5.16 Å². The summed E-state index contributed by atoms with van der Waals surface area (Å²) in [4.78, 5) is 28.8. The molecule has 26 heavy (non-hydrogen) atoms. The first kappa shape index (κ1) is 17.5. The highest BCUT2D eigenvalue weighted by atomic mass is 16.5. The molecule has 1 aromatic rings. The number of likely N-dealkylation sites (tertiary alicyclic amines) is 2. The van der Waals surface area contributed by atoms with Crippen molar-refractivity contribution >= 4 is 11.8 Å². The summed E-state index contributed by atoms with van der Waals surface area (Å²) in [5.41, 5.74) is 0.941. The summed E-state index contributed by atoms with van der Waals surface area (Å²) < 4.78 is 10.4. The summed E-state index contributed by atoms with van der Waals surface area (Å²) in [5.74, 6) is 1.01. The molecular weight excluding hydrogens is 334 g/mol. The molecule has 0 N–H and O–H groups in total. The van der Waals surface area contributed by atoms with Crippen LogP contribution in [0.15, 0.2) is 10.6 Å². The Morgan fingerprint density at radius 1 is 1.38 bits per heavy atom. The van der Waals surface area contributed by atoms with Gasteiger partial charge in [-0.25, -0.2) is 0 Å². The minimum Gasteiger partial charge on any atom is -0.385 e. The molecule has 3 heterocycles. The lowest BCUT2D eigenvalue weighted by Gasteiger charge is -2.38. The number of rotatable bonds is 6. The van der Waals surface area contributed by atoms with Crippen molar-refractivity contribution in [3.63, 3.8) is 0 Å². The molecule has 7 heteroatoms. The Balaban J connectivity index is 1.32. The second-order valence-corrected chi connectivity index (χ2v) is 8.02. The molecule has 0 atom stereocenters. The van der Waals surface area contributed by atoms with Crippen molar-refractivity contribution in [3.8, 4) is 0 Å². The summed E-state index contributed by atoms with van der Waals surface area (Å²) >= 11 is 0. The van der Waals surface area contributed by atoms with Crippen molar-refractivity contribution in [1.29, 1.82) is 0 Å². The fourth-order valence-electron chi connectivity index (χ4n) is 4.22. The van der Waals surface area contributed by atoms with Crippen LogP contribution in [-0.2, 0) is 9.53 Å². The first-order chi connectivity index (χ1) is 12.6. The van der Waals surface area contributed by atoms with Crippen molar-refractivity contribution in [2.75, 3.05) is 39.9 Å². The predicted molar refractivity (Wildman–Crippen MR) is 93.7 cm³/mol. The van der Waals surface area contributed by atoms with Gasteiger partial charge in [0.15, 0.2) is 0 Å². The Bertz CT molecular complexity index is 674. The van der Waals surface area contributed by atoms with E-state index < -0.39 is 0 Å². The second kappa shape index (κ2) is 7.02. The van der Waals surface area contributed by atoms with Gasteiger partial charge in [0, 0.05) is 63.7 Å². The van der Waals surface area contributed by atoms with Crippen molar-refractivity contribution < 1.29 is 18.8 Å². The van der Waals surface area contributed by atoms with E-state index in [4.69, 9.17) is 9.26 Å². The third-order valence-corrected chi connectivity index (χ3v) is 6.03. The fraction of sp³-hybridized carbons (Fsp3) is 0.737. The van der Waals surface area contributed by atoms with Gasteiger partial charge in [-0.15, -0.1) is 0 Å². The van der Waals surface area contributed by atoms with Crippen molar-refractivity contribution in [2.45, 2.75) is 44.4 Å². The van der Waals surface area contributed by atoms with Crippen LogP contribution in [0.25, 0.3) is 0 Å². The van der Waals surface area contributed by atoms with E-state index in [0.717, 1.165) is 50.9 Å². The maximum Gasteiger partial charge on any atom is 0.292 e. The lowest BCUT2D eigenvalue weighted by molar-refractivity contribution is -0.128. The van der Waals surface area contributed by atoms with Gasteiger partial charge in [0.25, 0.3) is 5.91 Å². The van der Waals surface area contributed by atoms with Gasteiger partial charge >= 0.3 is 0 Å². The summed E-state index contributed by atoms with van der Waals surface area (Å²) in [6.45, 7) is 3.61. The van der Waals surface area contributed by atoms with E-state index in [2.05, 4.69) is 5.16 Å². The largest absolute Gasteiger partial charge is 0.385 e. The van der Waals surface area contributed by atoms with E-state index in [1.165, 1.54) is 0 Å². The molecule has 4 rings (SSSR count). The van der Waals surface area contributed by atoms with Gasteiger partial charge < -0.3 is 19.1 Å². The number of nitrogens with zero attached hydrogens (tertiary/aromatic N) is 3. The molecule has 1 aliphatic carbocycles. The van der Waals surface area contributed by atoms with Crippen LogP contribution in [0.3, 0.4) is 0 Å². The molecule has 0 radical (unpaired) electrons. The van der Waals surface area contributed by atoms with Crippen LogP contribution in [0.1, 0.15) is 60.7 Å². The van der Waals surface area contributed by atoms with E-state index in [1.807, 2.05) is 9.80 Å². The summed E-state index contributed by atoms with van der Waals surface area (Å²) in [7, 11) is 1.68. The van der Waals surface area contributed by atoms with Gasteiger partial charge in [0.2, 0.25) is 11.7 Å². The third-order valence-electron chi connectivity index (χ3n) is 6.03. The molecule has 2 saturated heterocycles. The van der Waals surface area contributed by atoms with E-state index in [9.17, 15) is 9.59 Å². The average Bonchev–Trinajstić information content (AvgIpc) is 3.29. The lowest BCUT2D eigenvalue weighted by Crippen LogP contribution is -2.44. The van der Waals surface area contributed by atoms with Crippen molar-refractivity contribution in [3.05, 3.63) is 17.5 Å². The van der Waals surface area contributed by atoms with Crippen LogP contribution < -0.4 is 0 Å². The second-order valence-electron chi connectivity index (χ2n) is 8.02. The number of hydrogen-bond acceptors (Lipinski definition) is 5. The first-order valence-corrected chi connectivity index (χ1v) is 9.63. The Morgan fingerprint density at radius 3 is 2.85 bits per heavy atom. The van der Waals surface area contributed by atoms with Crippen LogP contribution in [0, 0.1) is 5.41 Å². The monoisotopic (exact) mass is 361 g/mol. The molecule has 0 unspecified atom stereocenters. The van der Waals surface area contributed by atoms with E-state index in [-0.39, 0.29) is 17.2 Å². The van der Waals surface area contributed by atoms with Crippen LogP contribution in [0.5, 0.6) is 0 Å². The Kier molecular flexibility index (Phi) is 4.73. The number of methoxy groups -OCH3 is 1. The van der Waals surface area contributed by atoms with Gasteiger partial charge in [-0.2, -0.15) is 0 Å². The standard InChI is InChI=1S/C19H27N3O4/c1-25-10-2-7-22-13-19(12-17(22)23)5-8-21(9-6-19)18(24)16-11-15(20-26-16)14-3-4-14/h11,14H,2-10,12-13H2,1H3. The molecular formula is C19H27N3O4. The normalized spacial score (nSPS) is 22.4. The highest BCUT2D eigenvalue weighted by molar-refractivity contribution is 5.91. The highest BCUT2D eigenvalue weighted by Gasteiger charge is 2.45. The predicted octanol–water partition coefficient (Wildman–Crippen LogP) is 2.04.